The van der Waals surface area contributed by atoms with Gasteiger partial charge >= 0.3 is 0 Å². The molecule has 4 heteroatoms. The highest BCUT2D eigenvalue weighted by Crippen LogP contribution is 2.39. The maximum Gasteiger partial charge on any atom is 0.280 e. The third-order valence-electron chi connectivity index (χ3n) is 6.79. The summed E-state index contributed by atoms with van der Waals surface area (Å²) in [6.07, 6.45) is 6.41. The minimum absolute atomic E-state index is 0.00424. The average molecular weight is 399 g/mol. The first-order chi connectivity index (χ1) is 14.7. The van der Waals surface area contributed by atoms with Gasteiger partial charge in [0.05, 0.1) is 22.5 Å². The molecule has 2 aromatic carbocycles. The molecular formula is C26H26N2O2. The Morgan fingerprint density at radius 1 is 0.933 bits per heavy atom. The van der Waals surface area contributed by atoms with E-state index in [0.29, 0.717) is 28.5 Å². The smallest absolute Gasteiger partial charge is 0.280 e. The van der Waals surface area contributed by atoms with Crippen LogP contribution in [0.15, 0.2) is 59.6 Å². The van der Waals surface area contributed by atoms with Gasteiger partial charge in [-0.1, -0.05) is 67.9 Å². The van der Waals surface area contributed by atoms with Gasteiger partial charge in [0.15, 0.2) is 5.88 Å². The molecule has 1 aliphatic carbocycles. The zero-order chi connectivity index (χ0) is 20.7. The van der Waals surface area contributed by atoms with E-state index >= 15 is 0 Å². The lowest BCUT2D eigenvalue weighted by molar-refractivity contribution is 0.101. The van der Waals surface area contributed by atoms with Crippen LogP contribution in [0.5, 0.6) is 5.88 Å². The van der Waals surface area contributed by atoms with Crippen LogP contribution in [0.4, 0.5) is 0 Å². The van der Waals surface area contributed by atoms with Crippen LogP contribution in [-0.4, -0.2) is 21.7 Å². The summed E-state index contributed by atoms with van der Waals surface area (Å²) in [5.41, 5.74) is 5.22. The Hall–Kier alpha value is -3.14. The second-order valence-corrected chi connectivity index (χ2v) is 8.48. The van der Waals surface area contributed by atoms with Crippen molar-refractivity contribution in [1.29, 1.82) is 0 Å². The number of amides is 1. The molecule has 4 nitrogen and oxygen atoms in total. The van der Waals surface area contributed by atoms with Crippen LogP contribution < -0.4 is 0 Å². The second kappa shape index (κ2) is 7.60. The molecule has 2 aliphatic rings. The fraction of sp³-hybridized carbons (Fsp3) is 0.308. The van der Waals surface area contributed by atoms with Crippen LogP contribution in [0.3, 0.4) is 0 Å². The van der Waals surface area contributed by atoms with Crippen molar-refractivity contribution in [3.05, 3.63) is 76.9 Å². The number of carbonyl (C=O) groups is 1. The number of fused-ring (bicyclic) bond motifs is 1. The number of hydrogen-bond acceptors (Lipinski definition) is 2. The van der Waals surface area contributed by atoms with Crippen LogP contribution >= 0.6 is 0 Å². The maximum atomic E-state index is 12.7. The molecule has 3 aromatic rings. The van der Waals surface area contributed by atoms with E-state index in [4.69, 9.17) is 0 Å². The van der Waals surface area contributed by atoms with E-state index < -0.39 is 0 Å². The SMILES string of the molecule is CCC1CCC(c2ccc(C3=NC(=O)c4c(-c5ccccc5)[nH]c(O)c43)cc2)CC1. The van der Waals surface area contributed by atoms with Gasteiger partial charge in [0.1, 0.15) is 0 Å². The van der Waals surface area contributed by atoms with Crippen molar-refractivity contribution in [2.24, 2.45) is 10.9 Å². The molecule has 0 radical (unpaired) electrons. The summed E-state index contributed by atoms with van der Waals surface area (Å²) in [6, 6.07) is 18.0. The first-order valence-electron chi connectivity index (χ1n) is 10.9. The van der Waals surface area contributed by atoms with Gasteiger partial charge in [-0.2, -0.15) is 0 Å². The highest BCUT2D eigenvalue weighted by molar-refractivity contribution is 6.30. The zero-order valence-corrected chi connectivity index (χ0v) is 17.2. The predicted molar refractivity (Wildman–Crippen MR) is 119 cm³/mol. The number of H-pyrrole nitrogens is 1. The molecule has 0 bridgehead atoms. The minimum atomic E-state index is -0.308. The number of aromatic nitrogens is 1. The quantitative estimate of drug-likeness (QED) is 0.561. The minimum Gasteiger partial charge on any atom is -0.494 e. The molecule has 0 saturated heterocycles. The van der Waals surface area contributed by atoms with Gasteiger partial charge in [0.2, 0.25) is 0 Å². The van der Waals surface area contributed by atoms with Gasteiger partial charge in [-0.05, 0) is 48.6 Å². The molecule has 30 heavy (non-hydrogen) atoms. The molecule has 0 atom stereocenters. The van der Waals surface area contributed by atoms with Crippen molar-refractivity contribution in [3.8, 4) is 17.1 Å². The number of rotatable bonds is 4. The second-order valence-electron chi connectivity index (χ2n) is 8.48. The first kappa shape index (κ1) is 18.9. The number of aliphatic imine (C=N–C) groups is 1. The zero-order valence-electron chi connectivity index (χ0n) is 17.2. The van der Waals surface area contributed by atoms with Crippen molar-refractivity contribution in [3.63, 3.8) is 0 Å². The Labute approximate surface area is 176 Å². The normalized spacial score (nSPS) is 20.8. The molecule has 0 unspecified atom stereocenters. The Morgan fingerprint density at radius 3 is 2.30 bits per heavy atom. The third kappa shape index (κ3) is 3.17. The molecule has 5 rings (SSSR count). The number of nitrogens with one attached hydrogen (secondary N) is 1. The summed E-state index contributed by atoms with van der Waals surface area (Å²) in [6.45, 7) is 2.29. The summed E-state index contributed by atoms with van der Waals surface area (Å²) in [5, 5.41) is 10.6. The molecule has 1 saturated carbocycles. The van der Waals surface area contributed by atoms with Gasteiger partial charge in [-0.3, -0.25) is 4.79 Å². The van der Waals surface area contributed by atoms with Crippen molar-refractivity contribution in [1.82, 2.24) is 4.98 Å². The average Bonchev–Trinajstić information content (AvgIpc) is 3.33. The highest BCUT2D eigenvalue weighted by Gasteiger charge is 2.33. The van der Waals surface area contributed by atoms with E-state index in [0.717, 1.165) is 17.0 Å². The van der Waals surface area contributed by atoms with E-state index in [1.165, 1.54) is 37.7 Å². The number of aromatic hydroxyl groups is 1. The van der Waals surface area contributed by atoms with Crippen LogP contribution in [0.1, 0.15) is 72.0 Å². The number of hydrogen-bond donors (Lipinski definition) is 2. The van der Waals surface area contributed by atoms with Gasteiger partial charge in [-0.15, -0.1) is 0 Å². The molecule has 1 aromatic heterocycles. The molecule has 1 amide bonds. The van der Waals surface area contributed by atoms with Crippen molar-refractivity contribution in [2.75, 3.05) is 0 Å². The van der Waals surface area contributed by atoms with Crippen LogP contribution in [0, 0.1) is 5.92 Å². The largest absolute Gasteiger partial charge is 0.494 e. The lowest BCUT2D eigenvalue weighted by Gasteiger charge is -2.28. The molecule has 1 fully saturated rings. The Morgan fingerprint density at radius 2 is 1.63 bits per heavy atom. The van der Waals surface area contributed by atoms with Crippen LogP contribution in [0.25, 0.3) is 11.3 Å². The number of benzene rings is 2. The summed E-state index contributed by atoms with van der Waals surface area (Å²) in [5.74, 6) is 1.19. The first-order valence-corrected chi connectivity index (χ1v) is 10.9. The van der Waals surface area contributed by atoms with Gasteiger partial charge in [-0.25, -0.2) is 4.99 Å². The third-order valence-corrected chi connectivity index (χ3v) is 6.79. The van der Waals surface area contributed by atoms with Crippen LogP contribution in [-0.2, 0) is 0 Å². The lowest BCUT2D eigenvalue weighted by atomic mass is 9.77. The topological polar surface area (TPSA) is 65.5 Å². The summed E-state index contributed by atoms with van der Waals surface area (Å²) in [7, 11) is 0. The number of aromatic amines is 1. The molecule has 1 aliphatic heterocycles. The Bertz CT molecular complexity index is 1100. The number of nitrogens with zero attached hydrogens (tertiary/aromatic N) is 1. The molecule has 2 N–H and O–H groups in total. The molecule has 152 valence electrons. The monoisotopic (exact) mass is 398 g/mol. The summed E-state index contributed by atoms with van der Waals surface area (Å²) >= 11 is 0. The predicted octanol–water partition coefficient (Wildman–Crippen LogP) is 6.06. The van der Waals surface area contributed by atoms with Crippen molar-refractivity contribution >= 4 is 11.6 Å². The van der Waals surface area contributed by atoms with E-state index in [9.17, 15) is 9.90 Å². The Balaban J connectivity index is 1.44. The van der Waals surface area contributed by atoms with Crippen molar-refractivity contribution in [2.45, 2.75) is 44.9 Å². The highest BCUT2D eigenvalue weighted by atomic mass is 16.3. The fourth-order valence-electron chi connectivity index (χ4n) is 4.99. The molecular weight excluding hydrogens is 372 g/mol. The summed E-state index contributed by atoms with van der Waals surface area (Å²) in [4.78, 5) is 20.0. The molecule has 0 spiro atoms. The standard InChI is InChI=1S/C26H26N2O2/c1-2-16-8-10-17(11-9-16)18-12-14-20(15-13-18)24-22-21(25(29)28-24)23(27-26(22)30)19-6-4-3-5-7-19/h3-7,12-17,27,30H,2,8-11H2,1H3. The van der Waals surface area contributed by atoms with E-state index in [2.05, 4.69) is 29.0 Å². The fourth-order valence-corrected chi connectivity index (χ4v) is 4.99. The van der Waals surface area contributed by atoms with Gasteiger partial charge < -0.3 is 10.1 Å². The van der Waals surface area contributed by atoms with Gasteiger partial charge in [0, 0.05) is 5.56 Å². The maximum absolute atomic E-state index is 12.7. The number of carbonyl (C=O) groups excluding carboxylic acids is 1. The van der Waals surface area contributed by atoms with Gasteiger partial charge in [0.25, 0.3) is 5.91 Å². The van der Waals surface area contributed by atoms with Crippen molar-refractivity contribution < 1.29 is 9.90 Å². The lowest BCUT2D eigenvalue weighted by Crippen LogP contribution is -2.12. The van der Waals surface area contributed by atoms with E-state index in [-0.39, 0.29) is 11.8 Å². The van der Waals surface area contributed by atoms with E-state index in [1.807, 2.05) is 42.5 Å². The van der Waals surface area contributed by atoms with E-state index in [1.54, 1.807) is 0 Å². The summed E-state index contributed by atoms with van der Waals surface area (Å²) < 4.78 is 0. The van der Waals surface area contributed by atoms with Crippen LogP contribution in [0.2, 0.25) is 0 Å². The molecule has 2 heterocycles. The Kier molecular flexibility index (Phi) is 4.78.